The molecule has 0 atom stereocenters. The number of nitriles is 1. The first kappa shape index (κ1) is 13.9. The van der Waals surface area contributed by atoms with Crippen LogP contribution in [0, 0.1) is 11.3 Å². The van der Waals surface area contributed by atoms with E-state index in [4.69, 9.17) is 10.4 Å². The van der Waals surface area contributed by atoms with Gasteiger partial charge in [-0.25, -0.2) is 4.79 Å². The van der Waals surface area contributed by atoms with Crippen molar-refractivity contribution in [2.75, 3.05) is 24.5 Å². The molecule has 1 aliphatic rings. The maximum atomic E-state index is 11.7. The fourth-order valence-corrected chi connectivity index (χ4v) is 2.23. The Labute approximate surface area is 116 Å². The standard InChI is InChI=1S/C14H15N3O3/c15-5-1-6-16-13(18)9-17-7-4-10-2-3-11(14(19)20)8-12(10)17/h2-3,8H,1,4,6-7,9H2,(H,16,18)(H,19,20). The van der Waals surface area contributed by atoms with Crippen molar-refractivity contribution in [3.05, 3.63) is 29.3 Å². The first-order valence-corrected chi connectivity index (χ1v) is 6.36. The van der Waals surface area contributed by atoms with Gasteiger partial charge in [0.2, 0.25) is 5.91 Å². The Kier molecular flexibility index (Phi) is 4.20. The van der Waals surface area contributed by atoms with Gasteiger partial charge in [-0.1, -0.05) is 6.07 Å². The molecule has 20 heavy (non-hydrogen) atoms. The molecule has 0 saturated heterocycles. The third kappa shape index (κ3) is 3.06. The Bertz CT molecular complexity index is 578. The number of carboxylic acid groups (broad SMARTS) is 1. The SMILES string of the molecule is N#CCCNC(=O)CN1CCc2ccc(C(=O)O)cc21. The van der Waals surface area contributed by atoms with Gasteiger partial charge in [-0.05, 0) is 24.1 Å². The van der Waals surface area contributed by atoms with Gasteiger partial charge in [0.1, 0.15) is 0 Å². The van der Waals surface area contributed by atoms with Crippen LogP contribution in [0.4, 0.5) is 5.69 Å². The summed E-state index contributed by atoms with van der Waals surface area (Å²) < 4.78 is 0. The molecule has 0 spiro atoms. The third-order valence-electron chi connectivity index (χ3n) is 3.22. The Hall–Kier alpha value is -2.55. The van der Waals surface area contributed by atoms with Gasteiger partial charge in [-0.3, -0.25) is 4.79 Å². The average Bonchev–Trinajstić information content (AvgIpc) is 2.81. The Morgan fingerprint density at radius 3 is 2.95 bits per heavy atom. The zero-order valence-corrected chi connectivity index (χ0v) is 10.9. The number of carbonyl (C=O) groups is 2. The largest absolute Gasteiger partial charge is 0.478 e. The molecule has 1 amide bonds. The molecule has 0 aromatic heterocycles. The van der Waals surface area contributed by atoms with Crippen LogP contribution in [0.3, 0.4) is 0 Å². The first-order chi connectivity index (χ1) is 9.61. The van der Waals surface area contributed by atoms with Crippen molar-refractivity contribution >= 4 is 17.6 Å². The van der Waals surface area contributed by atoms with E-state index in [1.807, 2.05) is 11.0 Å². The topological polar surface area (TPSA) is 93.4 Å². The minimum atomic E-state index is -0.974. The van der Waals surface area contributed by atoms with Gasteiger partial charge in [0.25, 0.3) is 0 Å². The number of benzene rings is 1. The second-order valence-corrected chi connectivity index (χ2v) is 4.58. The predicted octanol–water partition coefficient (Wildman–Crippen LogP) is 0.777. The summed E-state index contributed by atoms with van der Waals surface area (Å²) in [4.78, 5) is 24.6. The fourth-order valence-electron chi connectivity index (χ4n) is 2.23. The lowest BCUT2D eigenvalue weighted by molar-refractivity contribution is -0.119. The molecule has 0 radical (unpaired) electrons. The number of nitrogens with zero attached hydrogens (tertiary/aromatic N) is 2. The summed E-state index contributed by atoms with van der Waals surface area (Å²) >= 11 is 0. The molecule has 0 fully saturated rings. The molecular formula is C14H15N3O3. The number of anilines is 1. The van der Waals surface area contributed by atoms with Crippen LogP contribution < -0.4 is 10.2 Å². The quantitative estimate of drug-likeness (QED) is 0.773. The monoisotopic (exact) mass is 273 g/mol. The summed E-state index contributed by atoms with van der Waals surface area (Å²) in [7, 11) is 0. The van der Waals surface area contributed by atoms with Gasteiger partial charge in [0.15, 0.2) is 0 Å². The zero-order valence-electron chi connectivity index (χ0n) is 10.9. The predicted molar refractivity (Wildman–Crippen MR) is 72.6 cm³/mol. The highest BCUT2D eigenvalue weighted by molar-refractivity contribution is 5.90. The summed E-state index contributed by atoms with van der Waals surface area (Å²) in [6, 6.07) is 6.94. The minimum Gasteiger partial charge on any atom is -0.478 e. The molecule has 104 valence electrons. The summed E-state index contributed by atoms with van der Waals surface area (Å²) in [5, 5.41) is 20.1. The third-order valence-corrected chi connectivity index (χ3v) is 3.22. The molecule has 2 N–H and O–H groups in total. The van der Waals surface area contributed by atoms with E-state index >= 15 is 0 Å². The average molecular weight is 273 g/mol. The fraction of sp³-hybridized carbons (Fsp3) is 0.357. The molecule has 2 rings (SSSR count). The number of amides is 1. The van der Waals surface area contributed by atoms with Crippen LogP contribution >= 0.6 is 0 Å². The van der Waals surface area contributed by atoms with Crippen LogP contribution in [-0.2, 0) is 11.2 Å². The van der Waals surface area contributed by atoms with Crippen molar-refractivity contribution in [1.29, 1.82) is 5.26 Å². The first-order valence-electron chi connectivity index (χ1n) is 6.36. The second-order valence-electron chi connectivity index (χ2n) is 4.58. The van der Waals surface area contributed by atoms with Crippen LogP contribution in [0.1, 0.15) is 22.3 Å². The van der Waals surface area contributed by atoms with Gasteiger partial charge < -0.3 is 15.3 Å². The molecule has 1 aromatic rings. The number of carbonyl (C=O) groups excluding carboxylic acids is 1. The van der Waals surface area contributed by atoms with Gasteiger partial charge >= 0.3 is 5.97 Å². The molecule has 0 unspecified atom stereocenters. The van der Waals surface area contributed by atoms with E-state index in [2.05, 4.69) is 5.32 Å². The highest BCUT2D eigenvalue weighted by Crippen LogP contribution is 2.28. The summed E-state index contributed by atoms with van der Waals surface area (Å²) in [6.07, 6.45) is 1.09. The number of rotatable bonds is 5. The number of hydrogen-bond donors (Lipinski definition) is 2. The molecule has 1 aliphatic heterocycles. The van der Waals surface area contributed by atoms with E-state index in [0.29, 0.717) is 13.1 Å². The molecular weight excluding hydrogens is 258 g/mol. The van der Waals surface area contributed by atoms with Crippen LogP contribution in [0.2, 0.25) is 0 Å². The van der Waals surface area contributed by atoms with Crippen molar-refractivity contribution in [2.24, 2.45) is 0 Å². The van der Waals surface area contributed by atoms with Crippen LogP contribution in [0.5, 0.6) is 0 Å². The van der Waals surface area contributed by atoms with Gasteiger partial charge in [0, 0.05) is 18.8 Å². The van der Waals surface area contributed by atoms with E-state index in [0.717, 1.165) is 17.7 Å². The lowest BCUT2D eigenvalue weighted by atomic mass is 10.1. The van der Waals surface area contributed by atoms with Crippen molar-refractivity contribution in [3.8, 4) is 6.07 Å². The molecule has 1 aromatic carbocycles. The Morgan fingerprint density at radius 2 is 2.25 bits per heavy atom. The molecule has 6 heteroatoms. The maximum absolute atomic E-state index is 11.7. The summed E-state index contributed by atoms with van der Waals surface area (Å²) in [5.41, 5.74) is 2.08. The number of aromatic carboxylic acids is 1. The van der Waals surface area contributed by atoms with E-state index in [1.165, 1.54) is 0 Å². The van der Waals surface area contributed by atoms with E-state index < -0.39 is 5.97 Å². The van der Waals surface area contributed by atoms with Crippen molar-refractivity contribution in [3.63, 3.8) is 0 Å². The smallest absolute Gasteiger partial charge is 0.335 e. The van der Waals surface area contributed by atoms with Crippen molar-refractivity contribution in [2.45, 2.75) is 12.8 Å². The van der Waals surface area contributed by atoms with Crippen molar-refractivity contribution in [1.82, 2.24) is 5.32 Å². The minimum absolute atomic E-state index is 0.158. The highest BCUT2D eigenvalue weighted by Gasteiger charge is 2.22. The van der Waals surface area contributed by atoms with Crippen LogP contribution in [-0.4, -0.2) is 36.6 Å². The van der Waals surface area contributed by atoms with E-state index in [-0.39, 0.29) is 24.4 Å². The highest BCUT2D eigenvalue weighted by atomic mass is 16.4. The number of nitrogens with one attached hydrogen (secondary N) is 1. The molecule has 6 nitrogen and oxygen atoms in total. The second kappa shape index (κ2) is 6.06. The summed E-state index contributed by atoms with van der Waals surface area (Å²) in [6.45, 7) is 1.22. The maximum Gasteiger partial charge on any atom is 0.335 e. The lowest BCUT2D eigenvalue weighted by Gasteiger charge is -2.19. The Morgan fingerprint density at radius 1 is 1.45 bits per heavy atom. The van der Waals surface area contributed by atoms with Gasteiger partial charge in [-0.2, -0.15) is 5.26 Å². The van der Waals surface area contributed by atoms with E-state index in [9.17, 15) is 9.59 Å². The van der Waals surface area contributed by atoms with Crippen LogP contribution in [0.15, 0.2) is 18.2 Å². The van der Waals surface area contributed by atoms with Gasteiger partial charge in [0.05, 0.1) is 24.6 Å². The molecule has 0 bridgehead atoms. The molecule has 1 heterocycles. The van der Waals surface area contributed by atoms with Crippen LogP contribution in [0.25, 0.3) is 0 Å². The van der Waals surface area contributed by atoms with Crippen molar-refractivity contribution < 1.29 is 14.7 Å². The number of carboxylic acids is 1. The number of fused-ring (bicyclic) bond motifs is 1. The lowest BCUT2D eigenvalue weighted by Crippen LogP contribution is -2.36. The zero-order chi connectivity index (χ0) is 14.5. The number of hydrogen-bond acceptors (Lipinski definition) is 4. The van der Waals surface area contributed by atoms with E-state index in [1.54, 1.807) is 18.2 Å². The Balaban J connectivity index is 2.03. The van der Waals surface area contributed by atoms with Gasteiger partial charge in [-0.15, -0.1) is 0 Å². The molecule has 0 saturated carbocycles. The molecule has 0 aliphatic carbocycles. The summed E-state index contributed by atoms with van der Waals surface area (Å²) in [5.74, 6) is -1.13. The normalized spacial score (nSPS) is 12.7.